The zero-order valence-corrected chi connectivity index (χ0v) is 10.7. The highest BCUT2D eigenvalue weighted by Crippen LogP contribution is 2.27. The number of primary amides is 1. The van der Waals surface area contributed by atoms with Gasteiger partial charge in [-0.1, -0.05) is 0 Å². The first-order valence-electron chi connectivity index (χ1n) is 6.24. The summed E-state index contributed by atoms with van der Waals surface area (Å²) in [5.74, 6) is -1.49. The zero-order chi connectivity index (χ0) is 14.0. The van der Waals surface area contributed by atoms with Crippen LogP contribution in [0.5, 0.6) is 0 Å². The number of nitrogens with zero attached hydrogens (tertiary/aromatic N) is 2. The number of hydrogen-bond acceptors (Lipinski definition) is 4. The van der Waals surface area contributed by atoms with Crippen molar-refractivity contribution in [1.82, 2.24) is 4.98 Å². The highest BCUT2D eigenvalue weighted by Gasteiger charge is 2.28. The summed E-state index contributed by atoms with van der Waals surface area (Å²) in [6.45, 7) is 2.63. The summed E-state index contributed by atoms with van der Waals surface area (Å²) < 4.78 is 0. The molecule has 1 fully saturated rings. The molecule has 2 rings (SSSR count). The molecular formula is C13H17N3O3. The van der Waals surface area contributed by atoms with Crippen LogP contribution in [-0.4, -0.2) is 34.6 Å². The van der Waals surface area contributed by atoms with E-state index in [4.69, 9.17) is 10.8 Å². The Hall–Kier alpha value is -2.11. The van der Waals surface area contributed by atoms with E-state index < -0.39 is 5.97 Å². The molecule has 6 nitrogen and oxygen atoms in total. The maximum Gasteiger partial charge on any atom is 0.354 e. The van der Waals surface area contributed by atoms with Gasteiger partial charge in [0.05, 0.1) is 17.8 Å². The Bertz CT molecular complexity index is 486. The van der Waals surface area contributed by atoms with Crippen LogP contribution in [-0.2, 0) is 4.79 Å². The molecular weight excluding hydrogens is 246 g/mol. The number of pyridine rings is 1. The lowest BCUT2D eigenvalue weighted by atomic mass is 9.92. The molecule has 2 heterocycles. The van der Waals surface area contributed by atoms with E-state index in [1.165, 1.54) is 12.3 Å². The van der Waals surface area contributed by atoms with Crippen molar-refractivity contribution in [3.05, 3.63) is 24.0 Å². The van der Waals surface area contributed by atoms with Crippen molar-refractivity contribution in [2.24, 2.45) is 11.7 Å². The number of anilines is 1. The third-order valence-corrected chi connectivity index (χ3v) is 3.58. The van der Waals surface area contributed by atoms with Crippen molar-refractivity contribution in [3.63, 3.8) is 0 Å². The normalized spacial score (nSPS) is 23.1. The lowest BCUT2D eigenvalue weighted by Crippen LogP contribution is -2.45. The molecule has 1 aliphatic rings. The van der Waals surface area contributed by atoms with Crippen molar-refractivity contribution < 1.29 is 14.7 Å². The molecule has 0 aliphatic carbocycles. The van der Waals surface area contributed by atoms with Crippen LogP contribution in [0, 0.1) is 5.92 Å². The first-order valence-corrected chi connectivity index (χ1v) is 6.24. The average Bonchev–Trinajstić information content (AvgIpc) is 2.39. The van der Waals surface area contributed by atoms with Crippen molar-refractivity contribution in [2.45, 2.75) is 25.8 Å². The summed E-state index contributed by atoms with van der Waals surface area (Å²) in [5.41, 5.74) is 6.19. The van der Waals surface area contributed by atoms with Crippen LogP contribution in [0.1, 0.15) is 30.3 Å². The molecule has 2 atom stereocenters. The molecule has 3 N–H and O–H groups in total. The van der Waals surface area contributed by atoms with E-state index in [0.717, 1.165) is 18.5 Å². The lowest BCUT2D eigenvalue weighted by molar-refractivity contribution is -0.122. The number of amides is 1. The van der Waals surface area contributed by atoms with Crippen LogP contribution < -0.4 is 10.6 Å². The Labute approximate surface area is 111 Å². The van der Waals surface area contributed by atoms with Gasteiger partial charge in [-0.2, -0.15) is 0 Å². The minimum absolute atomic E-state index is 0.0138. The van der Waals surface area contributed by atoms with Gasteiger partial charge in [0.25, 0.3) is 0 Å². The van der Waals surface area contributed by atoms with E-state index in [-0.39, 0.29) is 23.6 Å². The summed E-state index contributed by atoms with van der Waals surface area (Å²) in [6, 6.07) is 3.47. The first kappa shape index (κ1) is 13.3. The van der Waals surface area contributed by atoms with E-state index in [2.05, 4.69) is 16.8 Å². The van der Waals surface area contributed by atoms with Crippen LogP contribution in [0.15, 0.2) is 18.3 Å². The number of carbonyl (C=O) groups excluding carboxylic acids is 1. The maximum absolute atomic E-state index is 11.3. The minimum Gasteiger partial charge on any atom is -0.477 e. The summed E-state index contributed by atoms with van der Waals surface area (Å²) in [6.07, 6.45) is 3.21. The maximum atomic E-state index is 11.3. The van der Waals surface area contributed by atoms with Crippen molar-refractivity contribution in [3.8, 4) is 0 Å². The highest BCUT2D eigenvalue weighted by atomic mass is 16.4. The average molecular weight is 263 g/mol. The Morgan fingerprint density at radius 2 is 2.16 bits per heavy atom. The summed E-state index contributed by atoms with van der Waals surface area (Å²) >= 11 is 0. The molecule has 1 aromatic rings. The van der Waals surface area contributed by atoms with Crippen LogP contribution in [0.2, 0.25) is 0 Å². The molecule has 102 valence electrons. The topological polar surface area (TPSA) is 96.5 Å². The van der Waals surface area contributed by atoms with Crippen LogP contribution >= 0.6 is 0 Å². The summed E-state index contributed by atoms with van der Waals surface area (Å²) in [5, 5.41) is 8.82. The monoisotopic (exact) mass is 263 g/mol. The quantitative estimate of drug-likeness (QED) is 0.843. The van der Waals surface area contributed by atoms with E-state index in [1.54, 1.807) is 6.07 Å². The number of carboxylic acids is 1. The van der Waals surface area contributed by atoms with E-state index in [9.17, 15) is 9.59 Å². The number of aromatic nitrogens is 1. The Morgan fingerprint density at radius 3 is 2.68 bits per heavy atom. The first-order chi connectivity index (χ1) is 8.99. The van der Waals surface area contributed by atoms with Gasteiger partial charge in [-0.25, -0.2) is 9.78 Å². The number of carboxylic acid groups (broad SMARTS) is 1. The largest absolute Gasteiger partial charge is 0.477 e. The van der Waals surface area contributed by atoms with E-state index in [0.29, 0.717) is 6.54 Å². The second kappa shape index (κ2) is 5.26. The molecule has 1 saturated heterocycles. The molecule has 6 heteroatoms. The van der Waals surface area contributed by atoms with Crippen LogP contribution in [0.3, 0.4) is 0 Å². The standard InChI is InChI=1S/C13H17N3O3/c1-8-2-3-9(12(14)17)7-16(8)10-4-5-11(13(18)19)15-6-10/h4-6,8-9H,2-3,7H2,1H3,(H2,14,17)(H,18,19). The van der Waals surface area contributed by atoms with Gasteiger partial charge in [0.2, 0.25) is 5.91 Å². The zero-order valence-electron chi connectivity index (χ0n) is 10.7. The van der Waals surface area contributed by atoms with Crippen molar-refractivity contribution in [1.29, 1.82) is 0 Å². The summed E-state index contributed by atoms with van der Waals surface area (Å²) in [7, 11) is 0. The molecule has 1 aliphatic heterocycles. The minimum atomic E-state index is -1.05. The molecule has 1 amide bonds. The second-order valence-corrected chi connectivity index (χ2v) is 4.88. The Kier molecular flexibility index (Phi) is 3.69. The number of aromatic carboxylic acids is 1. The SMILES string of the molecule is CC1CCC(C(N)=O)CN1c1ccc(C(=O)O)nc1. The molecule has 2 unspecified atom stereocenters. The van der Waals surface area contributed by atoms with Gasteiger partial charge < -0.3 is 15.7 Å². The van der Waals surface area contributed by atoms with Gasteiger partial charge in [0, 0.05) is 12.6 Å². The lowest BCUT2D eigenvalue weighted by Gasteiger charge is -2.38. The predicted octanol–water partition coefficient (Wildman–Crippen LogP) is 0.870. The number of hydrogen-bond donors (Lipinski definition) is 2. The van der Waals surface area contributed by atoms with Gasteiger partial charge in [0.1, 0.15) is 5.69 Å². The second-order valence-electron chi connectivity index (χ2n) is 4.88. The van der Waals surface area contributed by atoms with Gasteiger partial charge in [-0.3, -0.25) is 4.79 Å². The van der Waals surface area contributed by atoms with E-state index >= 15 is 0 Å². The van der Waals surface area contributed by atoms with Crippen molar-refractivity contribution >= 4 is 17.6 Å². The highest BCUT2D eigenvalue weighted by molar-refractivity contribution is 5.85. The van der Waals surface area contributed by atoms with E-state index in [1.807, 2.05) is 0 Å². The predicted molar refractivity (Wildman–Crippen MR) is 69.9 cm³/mol. The molecule has 0 spiro atoms. The van der Waals surface area contributed by atoms with Crippen LogP contribution in [0.25, 0.3) is 0 Å². The van der Waals surface area contributed by atoms with Crippen molar-refractivity contribution in [2.75, 3.05) is 11.4 Å². The number of nitrogens with two attached hydrogens (primary N) is 1. The Morgan fingerprint density at radius 1 is 1.42 bits per heavy atom. The molecule has 0 saturated carbocycles. The number of piperidine rings is 1. The number of carbonyl (C=O) groups is 2. The number of rotatable bonds is 3. The third-order valence-electron chi connectivity index (χ3n) is 3.58. The van der Waals surface area contributed by atoms with Gasteiger partial charge >= 0.3 is 5.97 Å². The fourth-order valence-corrected chi connectivity index (χ4v) is 2.38. The molecule has 19 heavy (non-hydrogen) atoms. The Balaban J connectivity index is 2.18. The summed E-state index contributed by atoms with van der Waals surface area (Å²) in [4.78, 5) is 28.0. The van der Waals surface area contributed by atoms with Gasteiger partial charge in [0.15, 0.2) is 0 Å². The third kappa shape index (κ3) is 2.83. The van der Waals surface area contributed by atoms with Crippen LogP contribution in [0.4, 0.5) is 5.69 Å². The smallest absolute Gasteiger partial charge is 0.354 e. The molecule has 0 aromatic carbocycles. The van der Waals surface area contributed by atoms with Gasteiger partial charge in [-0.05, 0) is 31.9 Å². The molecule has 0 radical (unpaired) electrons. The molecule has 0 bridgehead atoms. The fourth-order valence-electron chi connectivity index (χ4n) is 2.38. The van der Waals surface area contributed by atoms with Gasteiger partial charge in [-0.15, -0.1) is 0 Å². The molecule has 1 aromatic heterocycles. The fraction of sp³-hybridized carbons (Fsp3) is 0.462.